The van der Waals surface area contributed by atoms with Crippen LogP contribution in [0.15, 0.2) is 60.7 Å². The number of aryl methyl sites for hydroxylation is 1. The number of aromatic nitrogens is 2. The number of sulfone groups is 1. The standard InChI is InChI=1S/C26H30N4O3S/c1-20-7-9-22(10-8-20)25-17-24(27-30(25)23-11-16-34(32,33)19-23)26(31)29-14-12-28(13-15-29)18-21-5-3-2-4-6-21/h2-10,17,23H,11-16,18-19H2,1H3. The zero-order chi connectivity index (χ0) is 23.7. The number of nitrogens with zero attached hydrogens (tertiary/aromatic N) is 4. The van der Waals surface area contributed by atoms with Gasteiger partial charge in [0.25, 0.3) is 5.91 Å². The molecule has 1 aromatic heterocycles. The number of amides is 1. The molecule has 178 valence electrons. The molecule has 2 aliphatic heterocycles. The zero-order valence-electron chi connectivity index (χ0n) is 19.4. The van der Waals surface area contributed by atoms with Gasteiger partial charge >= 0.3 is 0 Å². The van der Waals surface area contributed by atoms with Crippen LogP contribution in [-0.2, 0) is 16.4 Å². The maximum absolute atomic E-state index is 13.4. The highest BCUT2D eigenvalue weighted by atomic mass is 32.2. The van der Waals surface area contributed by atoms with E-state index in [9.17, 15) is 13.2 Å². The van der Waals surface area contributed by atoms with Gasteiger partial charge in [0, 0.05) is 32.7 Å². The molecule has 2 aliphatic rings. The van der Waals surface area contributed by atoms with Crippen molar-refractivity contribution in [2.45, 2.75) is 25.9 Å². The van der Waals surface area contributed by atoms with E-state index in [1.165, 1.54) is 5.56 Å². The maximum Gasteiger partial charge on any atom is 0.274 e. The Morgan fingerprint density at radius 2 is 1.71 bits per heavy atom. The maximum atomic E-state index is 13.4. The summed E-state index contributed by atoms with van der Waals surface area (Å²) in [6.07, 6.45) is 0.522. The summed E-state index contributed by atoms with van der Waals surface area (Å²) < 4.78 is 26.0. The van der Waals surface area contributed by atoms with E-state index in [1.807, 2.05) is 60.4 Å². The molecule has 2 saturated heterocycles. The lowest BCUT2D eigenvalue weighted by Crippen LogP contribution is -2.48. The smallest absolute Gasteiger partial charge is 0.274 e. The molecule has 0 N–H and O–H groups in total. The number of hydrogen-bond donors (Lipinski definition) is 0. The number of rotatable bonds is 5. The molecule has 8 heteroatoms. The van der Waals surface area contributed by atoms with E-state index in [0.29, 0.717) is 25.2 Å². The Kier molecular flexibility index (Phi) is 6.27. The molecule has 2 aromatic carbocycles. The Morgan fingerprint density at radius 1 is 1.00 bits per heavy atom. The van der Waals surface area contributed by atoms with Crippen molar-refractivity contribution in [1.82, 2.24) is 19.6 Å². The lowest BCUT2D eigenvalue weighted by molar-refractivity contribution is 0.0621. The van der Waals surface area contributed by atoms with Crippen molar-refractivity contribution in [3.8, 4) is 11.3 Å². The van der Waals surface area contributed by atoms with E-state index < -0.39 is 9.84 Å². The molecule has 1 unspecified atom stereocenters. The predicted octanol–water partition coefficient (Wildman–Crippen LogP) is 3.18. The molecule has 3 aromatic rings. The largest absolute Gasteiger partial charge is 0.335 e. The fraction of sp³-hybridized carbons (Fsp3) is 0.385. The van der Waals surface area contributed by atoms with E-state index in [0.717, 1.165) is 36.5 Å². The molecule has 1 amide bonds. The molecule has 0 aliphatic carbocycles. The molecular formula is C26H30N4O3S. The highest BCUT2D eigenvalue weighted by molar-refractivity contribution is 7.91. The van der Waals surface area contributed by atoms with E-state index >= 15 is 0 Å². The first kappa shape index (κ1) is 22.8. The summed E-state index contributed by atoms with van der Waals surface area (Å²) in [5.41, 5.74) is 4.54. The predicted molar refractivity (Wildman–Crippen MR) is 132 cm³/mol. The molecule has 0 saturated carbocycles. The lowest BCUT2D eigenvalue weighted by Gasteiger charge is -2.34. The average Bonchev–Trinajstić information content (AvgIpc) is 3.44. The van der Waals surface area contributed by atoms with Gasteiger partial charge < -0.3 is 4.90 Å². The van der Waals surface area contributed by atoms with Crippen molar-refractivity contribution in [3.63, 3.8) is 0 Å². The molecule has 7 nitrogen and oxygen atoms in total. The highest BCUT2D eigenvalue weighted by Crippen LogP contribution is 2.30. The summed E-state index contributed by atoms with van der Waals surface area (Å²) in [5, 5.41) is 4.67. The number of carbonyl (C=O) groups is 1. The molecule has 0 bridgehead atoms. The minimum Gasteiger partial charge on any atom is -0.335 e. The second-order valence-corrected chi connectivity index (χ2v) is 11.6. The average molecular weight is 479 g/mol. The van der Waals surface area contributed by atoms with Crippen LogP contribution in [0.4, 0.5) is 0 Å². The number of hydrogen-bond acceptors (Lipinski definition) is 5. The summed E-state index contributed by atoms with van der Waals surface area (Å²) in [7, 11) is -3.07. The van der Waals surface area contributed by atoms with Crippen molar-refractivity contribution < 1.29 is 13.2 Å². The van der Waals surface area contributed by atoms with Gasteiger partial charge in [-0.1, -0.05) is 60.2 Å². The lowest BCUT2D eigenvalue weighted by atomic mass is 10.1. The van der Waals surface area contributed by atoms with Crippen molar-refractivity contribution >= 4 is 15.7 Å². The molecule has 3 heterocycles. The van der Waals surface area contributed by atoms with Gasteiger partial charge in [0.15, 0.2) is 15.5 Å². The summed E-state index contributed by atoms with van der Waals surface area (Å²) in [4.78, 5) is 17.6. The molecular weight excluding hydrogens is 448 g/mol. The monoisotopic (exact) mass is 478 g/mol. The van der Waals surface area contributed by atoms with E-state index in [2.05, 4.69) is 22.1 Å². The van der Waals surface area contributed by atoms with E-state index in [4.69, 9.17) is 0 Å². The Labute approximate surface area is 200 Å². The summed E-state index contributed by atoms with van der Waals surface area (Å²) >= 11 is 0. The number of benzene rings is 2. The Hall–Kier alpha value is -2.97. The van der Waals surface area contributed by atoms with Crippen LogP contribution in [0.25, 0.3) is 11.3 Å². The molecule has 5 rings (SSSR count). The first-order chi connectivity index (χ1) is 16.4. The molecule has 0 radical (unpaired) electrons. The Morgan fingerprint density at radius 3 is 2.35 bits per heavy atom. The normalized spacial score (nSPS) is 20.5. The van der Waals surface area contributed by atoms with E-state index in [-0.39, 0.29) is 23.5 Å². The number of carbonyl (C=O) groups excluding carboxylic acids is 1. The fourth-order valence-corrected chi connectivity index (χ4v) is 6.49. The summed E-state index contributed by atoms with van der Waals surface area (Å²) in [6, 6.07) is 20.0. The van der Waals surface area contributed by atoms with Crippen LogP contribution < -0.4 is 0 Å². The van der Waals surface area contributed by atoms with Crippen molar-refractivity contribution in [3.05, 3.63) is 77.5 Å². The first-order valence-corrected chi connectivity index (χ1v) is 13.6. The number of piperazine rings is 1. The fourth-order valence-electron chi connectivity index (χ4n) is 4.80. The van der Waals surface area contributed by atoms with Crippen LogP contribution in [0.5, 0.6) is 0 Å². The van der Waals surface area contributed by atoms with Gasteiger partial charge in [0.2, 0.25) is 0 Å². The van der Waals surface area contributed by atoms with Gasteiger partial charge in [-0.05, 0) is 30.5 Å². The topological polar surface area (TPSA) is 75.5 Å². The van der Waals surface area contributed by atoms with Crippen LogP contribution in [0.3, 0.4) is 0 Å². The highest BCUT2D eigenvalue weighted by Gasteiger charge is 2.33. The third kappa shape index (κ3) is 4.93. The Bertz CT molecular complexity index is 1260. The van der Waals surface area contributed by atoms with Gasteiger partial charge in [-0.25, -0.2) is 8.42 Å². The third-order valence-electron chi connectivity index (χ3n) is 6.76. The molecule has 34 heavy (non-hydrogen) atoms. The van der Waals surface area contributed by atoms with Gasteiger partial charge in [0.05, 0.1) is 23.2 Å². The Balaban J connectivity index is 1.34. The van der Waals surface area contributed by atoms with Crippen molar-refractivity contribution in [2.24, 2.45) is 0 Å². The SMILES string of the molecule is Cc1ccc(-c2cc(C(=O)N3CCN(Cc4ccccc4)CC3)nn2C2CCS(=O)(=O)C2)cc1. The van der Waals surface area contributed by atoms with Gasteiger partial charge in [-0.2, -0.15) is 5.10 Å². The quantitative estimate of drug-likeness (QED) is 0.563. The minimum absolute atomic E-state index is 0.0688. The van der Waals surface area contributed by atoms with Crippen LogP contribution >= 0.6 is 0 Å². The summed E-state index contributed by atoms with van der Waals surface area (Å²) in [5.74, 6) is 0.143. The van der Waals surface area contributed by atoms with Crippen molar-refractivity contribution in [2.75, 3.05) is 37.7 Å². The van der Waals surface area contributed by atoms with Gasteiger partial charge in [-0.15, -0.1) is 0 Å². The molecule has 2 fully saturated rings. The second kappa shape index (κ2) is 9.35. The van der Waals surface area contributed by atoms with Crippen LogP contribution in [0.1, 0.15) is 34.1 Å². The molecule has 0 spiro atoms. The minimum atomic E-state index is -3.07. The van der Waals surface area contributed by atoms with Crippen LogP contribution in [0.2, 0.25) is 0 Å². The summed E-state index contributed by atoms with van der Waals surface area (Å²) in [6.45, 7) is 5.83. The van der Waals surface area contributed by atoms with Gasteiger partial charge in [0.1, 0.15) is 0 Å². The van der Waals surface area contributed by atoms with Crippen LogP contribution in [0, 0.1) is 6.92 Å². The second-order valence-electron chi connectivity index (χ2n) is 9.34. The zero-order valence-corrected chi connectivity index (χ0v) is 20.2. The van der Waals surface area contributed by atoms with Crippen LogP contribution in [-0.4, -0.2) is 71.6 Å². The third-order valence-corrected chi connectivity index (χ3v) is 8.52. The van der Waals surface area contributed by atoms with E-state index in [1.54, 1.807) is 4.68 Å². The first-order valence-electron chi connectivity index (χ1n) is 11.8. The molecule has 1 atom stereocenters. The van der Waals surface area contributed by atoms with Gasteiger partial charge in [-0.3, -0.25) is 14.4 Å². The van der Waals surface area contributed by atoms with Crippen molar-refractivity contribution in [1.29, 1.82) is 0 Å².